The first-order valence-electron chi connectivity index (χ1n) is 6.87. The molecule has 0 fully saturated rings. The summed E-state index contributed by atoms with van der Waals surface area (Å²) in [5, 5.41) is 2.69. The van der Waals surface area contributed by atoms with Crippen LogP contribution in [0.3, 0.4) is 0 Å². The van der Waals surface area contributed by atoms with Crippen molar-refractivity contribution in [2.45, 2.75) is 4.90 Å². The molecule has 0 atom stereocenters. The van der Waals surface area contributed by atoms with E-state index < -0.39 is 5.97 Å². The molecule has 2 aromatic carbocycles. The lowest BCUT2D eigenvalue weighted by Crippen LogP contribution is -2.20. The normalized spacial score (nSPS) is 10.0. The van der Waals surface area contributed by atoms with Crippen LogP contribution in [0.15, 0.2) is 53.4 Å². The molecule has 0 aliphatic rings. The molecule has 0 heterocycles. The second-order valence-electron chi connectivity index (χ2n) is 4.58. The Labute approximate surface area is 139 Å². The molecular weight excluding hydrogens is 314 g/mol. The topological polar surface area (TPSA) is 64.6 Å². The summed E-state index contributed by atoms with van der Waals surface area (Å²) >= 11 is 1.58. The second kappa shape index (κ2) is 8.24. The Kier molecular flexibility index (Phi) is 6.05. The lowest BCUT2D eigenvalue weighted by Gasteiger charge is -2.08. The summed E-state index contributed by atoms with van der Waals surface area (Å²) < 4.78 is 10.0. The number of ether oxygens (including phenoxy) is 2. The van der Waals surface area contributed by atoms with Crippen LogP contribution in [0.2, 0.25) is 0 Å². The number of carbonyl (C=O) groups excluding carboxylic acids is 2. The molecule has 0 radical (unpaired) electrons. The summed E-state index contributed by atoms with van der Waals surface area (Å²) in [5.41, 5.74) is 1.03. The van der Waals surface area contributed by atoms with Gasteiger partial charge in [0.15, 0.2) is 6.61 Å². The monoisotopic (exact) mass is 331 g/mol. The van der Waals surface area contributed by atoms with E-state index in [2.05, 4.69) is 5.32 Å². The third-order valence-electron chi connectivity index (χ3n) is 3.01. The van der Waals surface area contributed by atoms with Gasteiger partial charge in [-0.25, -0.2) is 4.79 Å². The molecule has 2 rings (SSSR count). The fourth-order valence-electron chi connectivity index (χ4n) is 1.84. The van der Waals surface area contributed by atoms with Crippen LogP contribution in [0.5, 0.6) is 5.75 Å². The fourth-order valence-corrected chi connectivity index (χ4v) is 2.30. The molecule has 0 saturated heterocycles. The molecule has 0 unspecified atom stereocenters. The Morgan fingerprint density at radius 3 is 2.52 bits per heavy atom. The molecule has 0 aromatic heterocycles. The molecule has 0 spiro atoms. The van der Waals surface area contributed by atoms with Gasteiger partial charge in [-0.3, -0.25) is 4.79 Å². The minimum atomic E-state index is -0.555. The molecule has 0 aliphatic heterocycles. The zero-order valence-corrected chi connectivity index (χ0v) is 13.7. The largest absolute Gasteiger partial charge is 0.497 e. The van der Waals surface area contributed by atoms with Gasteiger partial charge in [0.2, 0.25) is 0 Å². The maximum atomic E-state index is 11.9. The Hall–Kier alpha value is -2.47. The van der Waals surface area contributed by atoms with Gasteiger partial charge in [-0.1, -0.05) is 6.07 Å². The second-order valence-corrected chi connectivity index (χ2v) is 5.46. The Morgan fingerprint density at radius 1 is 1.13 bits per heavy atom. The van der Waals surface area contributed by atoms with Crippen molar-refractivity contribution in [1.29, 1.82) is 0 Å². The molecule has 120 valence electrons. The van der Waals surface area contributed by atoms with E-state index in [1.54, 1.807) is 49.2 Å². The molecule has 2 aromatic rings. The highest BCUT2D eigenvalue weighted by Gasteiger charge is 2.10. The van der Waals surface area contributed by atoms with Gasteiger partial charge in [0.25, 0.3) is 5.91 Å². The van der Waals surface area contributed by atoms with Crippen molar-refractivity contribution in [3.63, 3.8) is 0 Å². The lowest BCUT2D eigenvalue weighted by molar-refractivity contribution is -0.119. The molecule has 1 amide bonds. The first kappa shape index (κ1) is 16.9. The van der Waals surface area contributed by atoms with Crippen molar-refractivity contribution in [3.05, 3.63) is 54.1 Å². The van der Waals surface area contributed by atoms with Gasteiger partial charge in [0.1, 0.15) is 5.75 Å². The maximum absolute atomic E-state index is 11.9. The van der Waals surface area contributed by atoms with Crippen molar-refractivity contribution in [3.8, 4) is 5.75 Å². The number of anilines is 1. The third-order valence-corrected chi connectivity index (χ3v) is 3.74. The average molecular weight is 331 g/mol. The zero-order valence-electron chi connectivity index (χ0n) is 12.9. The predicted octanol–water partition coefficient (Wildman–Crippen LogP) is 3.21. The van der Waals surface area contributed by atoms with Crippen molar-refractivity contribution in [2.75, 3.05) is 25.3 Å². The van der Waals surface area contributed by atoms with Gasteiger partial charge in [-0.15, -0.1) is 11.8 Å². The molecule has 0 bridgehead atoms. The van der Waals surface area contributed by atoms with Gasteiger partial charge in [-0.05, 0) is 48.7 Å². The van der Waals surface area contributed by atoms with E-state index in [9.17, 15) is 9.59 Å². The molecule has 23 heavy (non-hydrogen) atoms. The highest BCUT2D eigenvalue weighted by atomic mass is 32.2. The number of esters is 1. The van der Waals surface area contributed by atoms with Crippen LogP contribution in [0.25, 0.3) is 0 Å². The minimum Gasteiger partial charge on any atom is -0.497 e. The molecule has 5 nitrogen and oxygen atoms in total. The van der Waals surface area contributed by atoms with Crippen LogP contribution < -0.4 is 10.1 Å². The molecule has 6 heteroatoms. The average Bonchev–Trinajstić information content (AvgIpc) is 2.60. The van der Waals surface area contributed by atoms with Crippen LogP contribution in [0.4, 0.5) is 5.69 Å². The summed E-state index contributed by atoms with van der Waals surface area (Å²) in [6, 6.07) is 13.9. The number of nitrogens with one attached hydrogen (secondary N) is 1. The Bertz CT molecular complexity index is 685. The van der Waals surface area contributed by atoms with Crippen LogP contribution >= 0.6 is 11.8 Å². The molecular formula is C17H17NO4S. The first-order chi connectivity index (χ1) is 11.1. The van der Waals surface area contributed by atoms with Gasteiger partial charge in [0.05, 0.1) is 12.7 Å². The van der Waals surface area contributed by atoms with Crippen molar-refractivity contribution < 1.29 is 19.1 Å². The van der Waals surface area contributed by atoms with E-state index in [-0.39, 0.29) is 12.5 Å². The number of rotatable bonds is 6. The number of hydrogen-bond acceptors (Lipinski definition) is 5. The van der Waals surface area contributed by atoms with E-state index in [0.29, 0.717) is 17.0 Å². The molecule has 1 N–H and O–H groups in total. The third kappa shape index (κ3) is 5.03. The van der Waals surface area contributed by atoms with Gasteiger partial charge in [0, 0.05) is 10.6 Å². The predicted molar refractivity (Wildman–Crippen MR) is 90.1 cm³/mol. The van der Waals surface area contributed by atoms with Crippen molar-refractivity contribution in [1.82, 2.24) is 0 Å². The molecule has 0 saturated carbocycles. The zero-order chi connectivity index (χ0) is 16.7. The van der Waals surface area contributed by atoms with Crippen LogP contribution in [0, 0.1) is 0 Å². The maximum Gasteiger partial charge on any atom is 0.338 e. The Morgan fingerprint density at radius 2 is 1.87 bits per heavy atom. The van der Waals surface area contributed by atoms with E-state index in [4.69, 9.17) is 9.47 Å². The number of methoxy groups -OCH3 is 1. The summed E-state index contributed by atoms with van der Waals surface area (Å²) in [7, 11) is 1.55. The number of hydrogen-bond donors (Lipinski definition) is 1. The van der Waals surface area contributed by atoms with Gasteiger partial charge in [-0.2, -0.15) is 0 Å². The highest BCUT2D eigenvalue weighted by Crippen LogP contribution is 2.19. The van der Waals surface area contributed by atoms with E-state index >= 15 is 0 Å². The highest BCUT2D eigenvalue weighted by molar-refractivity contribution is 7.98. The van der Waals surface area contributed by atoms with Crippen molar-refractivity contribution >= 4 is 29.3 Å². The Balaban J connectivity index is 1.86. The van der Waals surface area contributed by atoms with Gasteiger partial charge >= 0.3 is 5.97 Å². The summed E-state index contributed by atoms with van der Waals surface area (Å²) in [6.45, 7) is -0.339. The number of amides is 1. The molecule has 0 aliphatic carbocycles. The number of benzene rings is 2. The van der Waals surface area contributed by atoms with Crippen LogP contribution in [0.1, 0.15) is 10.4 Å². The summed E-state index contributed by atoms with van der Waals surface area (Å²) in [5.74, 6) is -0.293. The standard InChI is InChI=1S/C17H17NO4S/c1-21-14-8-6-12(7-9-14)17(20)22-11-16(19)18-13-4-3-5-15(10-13)23-2/h3-10H,11H2,1-2H3,(H,18,19). The van der Waals surface area contributed by atoms with Crippen molar-refractivity contribution in [2.24, 2.45) is 0 Å². The van der Waals surface area contributed by atoms with E-state index in [1.165, 1.54) is 0 Å². The summed E-state index contributed by atoms with van der Waals surface area (Å²) in [4.78, 5) is 24.7. The minimum absolute atomic E-state index is 0.339. The quantitative estimate of drug-likeness (QED) is 0.650. The van der Waals surface area contributed by atoms with Crippen LogP contribution in [-0.2, 0) is 9.53 Å². The van der Waals surface area contributed by atoms with E-state index in [1.807, 2.05) is 24.5 Å². The van der Waals surface area contributed by atoms with E-state index in [0.717, 1.165) is 4.90 Å². The lowest BCUT2D eigenvalue weighted by atomic mass is 10.2. The fraction of sp³-hybridized carbons (Fsp3) is 0.176. The SMILES string of the molecule is COc1ccc(C(=O)OCC(=O)Nc2cccc(SC)c2)cc1. The summed E-state index contributed by atoms with van der Waals surface area (Å²) in [6.07, 6.45) is 1.96. The van der Waals surface area contributed by atoms with Gasteiger partial charge < -0.3 is 14.8 Å². The number of carbonyl (C=O) groups is 2. The smallest absolute Gasteiger partial charge is 0.338 e. The van der Waals surface area contributed by atoms with Crippen LogP contribution in [-0.4, -0.2) is 31.8 Å². The first-order valence-corrected chi connectivity index (χ1v) is 8.10. The number of thioether (sulfide) groups is 1.